The van der Waals surface area contributed by atoms with E-state index in [9.17, 15) is 9.59 Å². The summed E-state index contributed by atoms with van der Waals surface area (Å²) >= 11 is 6.30. The summed E-state index contributed by atoms with van der Waals surface area (Å²) < 4.78 is 5.30. The number of fused-ring (bicyclic) bond motifs is 1. The number of rotatable bonds is 3. The van der Waals surface area contributed by atoms with Gasteiger partial charge in [-0.3, -0.25) is 4.79 Å². The summed E-state index contributed by atoms with van der Waals surface area (Å²) in [6, 6.07) is 7.49. The molecule has 1 aliphatic heterocycles. The highest BCUT2D eigenvalue weighted by Gasteiger charge is 2.22. The zero-order valence-electron chi connectivity index (χ0n) is 15.6. The Labute approximate surface area is 163 Å². The van der Waals surface area contributed by atoms with E-state index >= 15 is 0 Å². The highest BCUT2D eigenvalue weighted by molar-refractivity contribution is 6.35. The molecular weight excluding hydrogens is 368 g/mol. The number of anilines is 1. The van der Waals surface area contributed by atoms with Gasteiger partial charge in [0, 0.05) is 30.6 Å². The summed E-state index contributed by atoms with van der Waals surface area (Å²) in [6.45, 7) is 7.05. The number of halogens is 1. The van der Waals surface area contributed by atoms with Crippen LogP contribution >= 0.6 is 11.6 Å². The van der Waals surface area contributed by atoms with Crippen molar-refractivity contribution < 1.29 is 14.3 Å². The molecule has 2 aromatic rings. The molecule has 2 amide bonds. The zero-order valence-corrected chi connectivity index (χ0v) is 16.4. The number of ether oxygens (including phenoxy) is 1. The number of benzene rings is 1. The van der Waals surface area contributed by atoms with Gasteiger partial charge < -0.3 is 20.3 Å². The first-order valence-electron chi connectivity index (χ1n) is 8.79. The Bertz CT molecular complexity index is 879. The molecule has 1 aromatic carbocycles. The number of amides is 2. The van der Waals surface area contributed by atoms with Gasteiger partial charge >= 0.3 is 6.09 Å². The van der Waals surface area contributed by atoms with E-state index in [-0.39, 0.29) is 19.0 Å². The van der Waals surface area contributed by atoms with Gasteiger partial charge in [0.1, 0.15) is 11.4 Å². The van der Waals surface area contributed by atoms with E-state index in [1.165, 1.54) is 0 Å². The summed E-state index contributed by atoms with van der Waals surface area (Å²) in [7, 11) is 0. The van der Waals surface area contributed by atoms with Crippen molar-refractivity contribution in [2.45, 2.75) is 32.9 Å². The molecule has 1 saturated heterocycles. The lowest BCUT2D eigenvalue weighted by molar-refractivity contribution is -0.120. The molecule has 1 aliphatic rings. The maximum absolute atomic E-state index is 12.0. The molecule has 0 radical (unpaired) electrons. The Hall–Kier alpha value is -2.54. The minimum Gasteiger partial charge on any atom is -0.444 e. The molecule has 2 heterocycles. The maximum atomic E-state index is 12.0. The lowest BCUT2D eigenvalue weighted by atomic mass is 10.1. The third-order valence-corrected chi connectivity index (χ3v) is 4.32. The molecule has 0 unspecified atom stereocenters. The molecule has 7 nitrogen and oxygen atoms in total. The number of carbonyl (C=O) groups excluding carboxylic acids is 2. The van der Waals surface area contributed by atoms with E-state index in [0.29, 0.717) is 29.4 Å². The number of carbonyl (C=O) groups is 2. The molecule has 0 spiro atoms. The van der Waals surface area contributed by atoms with Gasteiger partial charge in [-0.25, -0.2) is 9.78 Å². The fraction of sp³-hybridized carbons (Fsp3) is 0.421. The first-order valence-corrected chi connectivity index (χ1v) is 9.17. The van der Waals surface area contributed by atoms with Crippen LogP contribution in [-0.2, 0) is 16.1 Å². The Morgan fingerprint density at radius 3 is 2.89 bits per heavy atom. The average Bonchev–Trinajstić information content (AvgIpc) is 2.58. The van der Waals surface area contributed by atoms with Crippen LogP contribution in [0, 0.1) is 0 Å². The predicted molar refractivity (Wildman–Crippen MR) is 105 cm³/mol. The van der Waals surface area contributed by atoms with Crippen LogP contribution in [0.4, 0.5) is 10.6 Å². The molecule has 27 heavy (non-hydrogen) atoms. The summed E-state index contributed by atoms with van der Waals surface area (Å²) in [4.78, 5) is 30.5. The normalized spacial score (nSPS) is 14.8. The first kappa shape index (κ1) is 19.2. The zero-order chi connectivity index (χ0) is 19.6. The second-order valence-electron chi connectivity index (χ2n) is 7.41. The number of nitrogens with one attached hydrogen (secondary N) is 2. The Kier molecular flexibility index (Phi) is 5.41. The third kappa shape index (κ3) is 4.80. The smallest absolute Gasteiger partial charge is 0.407 e. The summed E-state index contributed by atoms with van der Waals surface area (Å²) in [5.74, 6) is 0.579. The molecular formula is C19H23ClN4O3. The van der Waals surface area contributed by atoms with E-state index in [2.05, 4.69) is 10.6 Å². The van der Waals surface area contributed by atoms with Crippen LogP contribution in [0.1, 0.15) is 26.3 Å². The molecule has 1 aromatic heterocycles. The topological polar surface area (TPSA) is 83.6 Å². The molecule has 0 atom stereocenters. The number of piperazine rings is 1. The highest BCUT2D eigenvalue weighted by Crippen LogP contribution is 2.28. The summed E-state index contributed by atoms with van der Waals surface area (Å²) in [5, 5.41) is 6.98. The van der Waals surface area contributed by atoms with Crippen molar-refractivity contribution in [3.63, 3.8) is 0 Å². The molecule has 144 valence electrons. The van der Waals surface area contributed by atoms with Gasteiger partial charge in [-0.05, 0) is 32.9 Å². The predicted octanol–water partition coefficient (Wildman–Crippen LogP) is 2.85. The van der Waals surface area contributed by atoms with Crippen LogP contribution in [0.2, 0.25) is 5.02 Å². The van der Waals surface area contributed by atoms with Crippen molar-refractivity contribution in [2.24, 2.45) is 0 Å². The number of nitrogens with zero attached hydrogens (tertiary/aromatic N) is 2. The fourth-order valence-corrected chi connectivity index (χ4v) is 3.13. The first-order chi connectivity index (χ1) is 12.7. The van der Waals surface area contributed by atoms with Crippen LogP contribution in [0.3, 0.4) is 0 Å². The van der Waals surface area contributed by atoms with Crippen LogP contribution in [-0.4, -0.2) is 42.2 Å². The lowest BCUT2D eigenvalue weighted by Crippen LogP contribution is -2.48. The molecule has 2 N–H and O–H groups in total. The van der Waals surface area contributed by atoms with Crippen molar-refractivity contribution >= 4 is 40.3 Å². The number of alkyl carbamates (subject to hydrolysis) is 1. The van der Waals surface area contributed by atoms with Crippen molar-refractivity contribution in [3.05, 3.63) is 34.9 Å². The monoisotopic (exact) mass is 390 g/mol. The number of hydrogen-bond donors (Lipinski definition) is 2. The van der Waals surface area contributed by atoms with E-state index in [1.54, 1.807) is 6.07 Å². The number of aromatic nitrogens is 1. The van der Waals surface area contributed by atoms with Crippen LogP contribution in [0.15, 0.2) is 24.3 Å². The van der Waals surface area contributed by atoms with Gasteiger partial charge in [-0.2, -0.15) is 0 Å². The van der Waals surface area contributed by atoms with Crippen molar-refractivity contribution in [1.29, 1.82) is 0 Å². The van der Waals surface area contributed by atoms with Crippen molar-refractivity contribution in [3.8, 4) is 0 Å². The van der Waals surface area contributed by atoms with E-state index in [4.69, 9.17) is 21.3 Å². The Balaban J connectivity index is 1.92. The van der Waals surface area contributed by atoms with Gasteiger partial charge in [-0.1, -0.05) is 23.7 Å². The molecule has 0 saturated carbocycles. The number of para-hydroxylation sites is 1. The van der Waals surface area contributed by atoms with Gasteiger partial charge in [0.15, 0.2) is 0 Å². The Morgan fingerprint density at radius 2 is 2.19 bits per heavy atom. The van der Waals surface area contributed by atoms with Gasteiger partial charge in [0.25, 0.3) is 0 Å². The summed E-state index contributed by atoms with van der Waals surface area (Å²) in [5.41, 5.74) is 0.888. The average molecular weight is 391 g/mol. The summed E-state index contributed by atoms with van der Waals surface area (Å²) in [6.07, 6.45) is -0.504. The van der Waals surface area contributed by atoms with E-state index in [0.717, 1.165) is 10.9 Å². The minimum absolute atomic E-state index is 0.0617. The Morgan fingerprint density at radius 1 is 1.41 bits per heavy atom. The quantitative estimate of drug-likeness (QED) is 0.841. The van der Waals surface area contributed by atoms with Crippen LogP contribution in [0.5, 0.6) is 0 Å². The number of hydrogen-bond acceptors (Lipinski definition) is 5. The van der Waals surface area contributed by atoms with Crippen molar-refractivity contribution in [1.82, 2.24) is 15.6 Å². The largest absolute Gasteiger partial charge is 0.444 e. The third-order valence-electron chi connectivity index (χ3n) is 4.01. The van der Waals surface area contributed by atoms with E-state index < -0.39 is 11.7 Å². The molecule has 3 rings (SSSR count). The maximum Gasteiger partial charge on any atom is 0.407 e. The van der Waals surface area contributed by atoms with Gasteiger partial charge in [-0.15, -0.1) is 0 Å². The SMILES string of the molecule is CC(C)(C)OC(=O)NCc1cc2cccc(Cl)c2nc1N1CCNC(=O)C1. The fourth-order valence-electron chi connectivity index (χ4n) is 2.90. The lowest BCUT2D eigenvalue weighted by Gasteiger charge is -2.29. The van der Waals surface area contributed by atoms with Crippen LogP contribution < -0.4 is 15.5 Å². The standard InChI is InChI=1S/C19H23ClN4O3/c1-19(2,3)27-18(26)22-10-13-9-12-5-4-6-14(20)16(12)23-17(13)24-8-7-21-15(25)11-24/h4-6,9H,7-8,10-11H2,1-3H3,(H,21,25)(H,22,26). The van der Waals surface area contributed by atoms with Gasteiger partial charge in [0.2, 0.25) is 5.91 Å². The molecule has 0 bridgehead atoms. The number of pyridine rings is 1. The molecule has 1 fully saturated rings. The molecule has 0 aliphatic carbocycles. The highest BCUT2D eigenvalue weighted by atomic mass is 35.5. The van der Waals surface area contributed by atoms with Crippen molar-refractivity contribution in [2.75, 3.05) is 24.5 Å². The minimum atomic E-state index is -0.576. The molecule has 8 heteroatoms. The second-order valence-corrected chi connectivity index (χ2v) is 7.82. The second kappa shape index (κ2) is 7.60. The van der Waals surface area contributed by atoms with Crippen LogP contribution in [0.25, 0.3) is 10.9 Å². The van der Waals surface area contributed by atoms with E-state index in [1.807, 2.05) is 43.9 Å². The van der Waals surface area contributed by atoms with Gasteiger partial charge in [0.05, 0.1) is 17.1 Å².